The SMILES string of the molecule is Cc1ccc(S(=O)(=O)OCCOCCOc2ccc(CN3CCN(C(=O)/C=C/c4ccc(Cl)cc4Cn4nnc(C)n4)[C@H](C)C3)nc2)cc1. The molecule has 2 aromatic heterocycles. The molecule has 0 N–H and O–H groups in total. The summed E-state index contributed by atoms with van der Waals surface area (Å²) >= 11 is 6.24. The average Bonchev–Trinajstić information content (AvgIpc) is 3.49. The van der Waals surface area contributed by atoms with Crippen LogP contribution in [0.2, 0.25) is 5.02 Å². The number of rotatable bonds is 15. The smallest absolute Gasteiger partial charge is 0.297 e. The quantitative estimate of drug-likeness (QED) is 0.101. The van der Waals surface area contributed by atoms with Crippen molar-refractivity contribution in [3.63, 3.8) is 0 Å². The molecule has 260 valence electrons. The van der Waals surface area contributed by atoms with Gasteiger partial charge in [-0.1, -0.05) is 35.4 Å². The van der Waals surface area contributed by atoms with Gasteiger partial charge in [0.15, 0.2) is 5.82 Å². The topological polar surface area (TPSA) is 142 Å². The fraction of sp³-hybridized carbons (Fsp3) is 0.382. The maximum Gasteiger partial charge on any atom is 0.297 e. The molecule has 0 bridgehead atoms. The summed E-state index contributed by atoms with van der Waals surface area (Å²) in [4.78, 5) is 23.5. The van der Waals surface area contributed by atoms with Gasteiger partial charge in [-0.05, 0) is 79.6 Å². The lowest BCUT2D eigenvalue weighted by atomic mass is 10.1. The second kappa shape index (κ2) is 16.9. The number of tetrazole rings is 1. The van der Waals surface area contributed by atoms with Crippen molar-refractivity contribution in [2.75, 3.05) is 46.1 Å². The molecule has 0 spiro atoms. The predicted octanol–water partition coefficient (Wildman–Crippen LogP) is 3.93. The van der Waals surface area contributed by atoms with Crippen LogP contribution >= 0.6 is 11.6 Å². The zero-order chi connectivity index (χ0) is 34.8. The molecule has 1 saturated heterocycles. The molecule has 0 unspecified atom stereocenters. The van der Waals surface area contributed by atoms with Gasteiger partial charge in [0.25, 0.3) is 10.1 Å². The van der Waals surface area contributed by atoms with E-state index in [-0.39, 0.29) is 43.3 Å². The lowest BCUT2D eigenvalue weighted by Crippen LogP contribution is -2.53. The van der Waals surface area contributed by atoms with Crippen LogP contribution in [0.15, 0.2) is 71.8 Å². The molecule has 49 heavy (non-hydrogen) atoms. The van der Waals surface area contributed by atoms with Crippen LogP contribution in [0.4, 0.5) is 0 Å². The molecule has 1 aliphatic heterocycles. The Morgan fingerprint density at radius 2 is 1.80 bits per heavy atom. The number of carbonyl (C=O) groups is 1. The van der Waals surface area contributed by atoms with Crippen molar-refractivity contribution in [3.05, 3.63) is 100 Å². The molecule has 15 heteroatoms. The Labute approximate surface area is 291 Å². The van der Waals surface area contributed by atoms with Crippen molar-refractivity contribution < 1.29 is 26.9 Å². The summed E-state index contributed by atoms with van der Waals surface area (Å²) in [7, 11) is -3.81. The van der Waals surface area contributed by atoms with Gasteiger partial charge in [-0.2, -0.15) is 13.2 Å². The molecule has 0 radical (unpaired) electrons. The van der Waals surface area contributed by atoms with Gasteiger partial charge >= 0.3 is 0 Å². The molecule has 1 aliphatic rings. The second-order valence-electron chi connectivity index (χ2n) is 11.7. The van der Waals surface area contributed by atoms with Gasteiger partial charge < -0.3 is 14.4 Å². The maximum atomic E-state index is 13.2. The van der Waals surface area contributed by atoms with E-state index in [0.717, 1.165) is 35.5 Å². The molecule has 0 aliphatic carbocycles. The molecule has 5 rings (SSSR count). The molecule has 0 saturated carbocycles. The third kappa shape index (κ3) is 10.6. The number of pyridine rings is 1. The maximum absolute atomic E-state index is 13.2. The molecular formula is C34H40ClN7O6S. The van der Waals surface area contributed by atoms with Crippen molar-refractivity contribution in [1.29, 1.82) is 0 Å². The van der Waals surface area contributed by atoms with Gasteiger partial charge in [-0.25, -0.2) is 0 Å². The van der Waals surface area contributed by atoms with Gasteiger partial charge in [0.1, 0.15) is 12.4 Å². The molecule has 1 amide bonds. The van der Waals surface area contributed by atoms with E-state index < -0.39 is 10.1 Å². The zero-order valence-corrected chi connectivity index (χ0v) is 29.3. The van der Waals surface area contributed by atoms with Crippen LogP contribution in [-0.2, 0) is 36.9 Å². The average molecular weight is 710 g/mol. The Bertz CT molecular complexity index is 1830. The van der Waals surface area contributed by atoms with Crippen LogP contribution < -0.4 is 4.74 Å². The van der Waals surface area contributed by atoms with Gasteiger partial charge in [0.2, 0.25) is 5.91 Å². The van der Waals surface area contributed by atoms with Gasteiger partial charge in [0, 0.05) is 43.3 Å². The number of hydrogen-bond acceptors (Lipinski definition) is 11. The summed E-state index contributed by atoms with van der Waals surface area (Å²) in [6, 6.07) is 15.8. The number of piperazine rings is 1. The lowest BCUT2D eigenvalue weighted by Gasteiger charge is -2.39. The van der Waals surface area contributed by atoms with Crippen molar-refractivity contribution in [3.8, 4) is 5.75 Å². The summed E-state index contributed by atoms with van der Waals surface area (Å²) < 4.78 is 40.6. The minimum atomic E-state index is -3.81. The molecule has 1 atom stereocenters. The number of aromatic nitrogens is 5. The summed E-state index contributed by atoms with van der Waals surface area (Å²) in [6.07, 6.45) is 5.09. The number of ether oxygens (including phenoxy) is 2. The highest BCUT2D eigenvalue weighted by Gasteiger charge is 2.26. The number of hydrogen-bond donors (Lipinski definition) is 0. The molecular weight excluding hydrogens is 670 g/mol. The van der Waals surface area contributed by atoms with Gasteiger partial charge in [-0.3, -0.25) is 18.9 Å². The van der Waals surface area contributed by atoms with E-state index in [0.29, 0.717) is 36.2 Å². The van der Waals surface area contributed by atoms with Crippen LogP contribution in [-0.4, -0.2) is 101 Å². The van der Waals surface area contributed by atoms with Crippen molar-refractivity contribution in [1.82, 2.24) is 35.0 Å². The summed E-state index contributed by atoms with van der Waals surface area (Å²) in [5, 5.41) is 12.8. The molecule has 2 aromatic carbocycles. The Hall–Kier alpha value is -4.21. The third-order valence-electron chi connectivity index (χ3n) is 7.83. The van der Waals surface area contributed by atoms with E-state index in [1.54, 1.807) is 37.4 Å². The lowest BCUT2D eigenvalue weighted by molar-refractivity contribution is -0.130. The van der Waals surface area contributed by atoms with E-state index in [1.165, 1.54) is 16.9 Å². The van der Waals surface area contributed by atoms with Crippen LogP contribution in [0, 0.1) is 13.8 Å². The van der Waals surface area contributed by atoms with E-state index in [4.69, 9.17) is 25.3 Å². The Balaban J connectivity index is 1.01. The Morgan fingerprint density at radius 1 is 1.00 bits per heavy atom. The standard InChI is InChI=1S/C34H40ClN7O6S/c1-25-4-11-33(12-5-25)49(44,45)48-19-17-46-16-18-47-32-10-9-31(36-21-32)24-40-14-15-41(26(2)22-40)34(43)13-7-28-6-8-30(35)20-29(28)23-42-38-27(3)37-39-42/h4-13,20-21,26H,14-19,22-24H2,1-3H3/b13-7+/t26-/m1/s1. The fourth-order valence-electron chi connectivity index (χ4n) is 5.29. The van der Waals surface area contributed by atoms with E-state index in [2.05, 4.69) is 25.3 Å². The van der Waals surface area contributed by atoms with Crippen LogP contribution in [0.5, 0.6) is 5.75 Å². The molecule has 4 aromatic rings. The number of benzene rings is 2. The Morgan fingerprint density at radius 3 is 2.51 bits per heavy atom. The summed E-state index contributed by atoms with van der Waals surface area (Å²) in [5.41, 5.74) is 3.62. The molecule has 13 nitrogen and oxygen atoms in total. The molecule has 3 heterocycles. The van der Waals surface area contributed by atoms with Crippen LogP contribution in [0.25, 0.3) is 6.08 Å². The predicted molar refractivity (Wildman–Crippen MR) is 183 cm³/mol. The number of nitrogens with zero attached hydrogens (tertiary/aromatic N) is 7. The largest absolute Gasteiger partial charge is 0.490 e. The van der Waals surface area contributed by atoms with Crippen molar-refractivity contribution >= 4 is 33.7 Å². The highest BCUT2D eigenvalue weighted by molar-refractivity contribution is 7.86. The minimum Gasteiger partial charge on any atom is -0.490 e. The highest BCUT2D eigenvalue weighted by atomic mass is 35.5. The first kappa shape index (κ1) is 36.1. The fourth-order valence-corrected chi connectivity index (χ4v) is 6.38. The normalized spacial score (nSPS) is 15.6. The van der Waals surface area contributed by atoms with Gasteiger partial charge in [-0.15, -0.1) is 10.2 Å². The van der Waals surface area contributed by atoms with E-state index in [1.807, 2.05) is 49.1 Å². The van der Waals surface area contributed by atoms with Crippen LogP contribution in [0.1, 0.15) is 35.1 Å². The Kier molecular flexibility index (Phi) is 12.5. The first-order valence-corrected chi connectivity index (χ1v) is 17.7. The zero-order valence-electron chi connectivity index (χ0n) is 27.7. The number of aryl methyl sites for hydroxylation is 2. The van der Waals surface area contributed by atoms with E-state index >= 15 is 0 Å². The minimum absolute atomic E-state index is 0.0219. The summed E-state index contributed by atoms with van der Waals surface area (Å²) in [6.45, 7) is 9.38. The first-order valence-electron chi connectivity index (χ1n) is 15.9. The monoisotopic (exact) mass is 709 g/mol. The number of halogens is 1. The third-order valence-corrected chi connectivity index (χ3v) is 9.39. The van der Waals surface area contributed by atoms with Crippen molar-refractivity contribution in [2.24, 2.45) is 0 Å². The number of amides is 1. The first-order chi connectivity index (χ1) is 23.6. The van der Waals surface area contributed by atoms with E-state index in [9.17, 15) is 13.2 Å². The van der Waals surface area contributed by atoms with Crippen molar-refractivity contribution in [2.45, 2.75) is 44.8 Å². The number of carbonyl (C=O) groups excluding carboxylic acids is 1. The van der Waals surface area contributed by atoms with Crippen LogP contribution in [0.3, 0.4) is 0 Å². The molecule has 1 fully saturated rings. The summed E-state index contributed by atoms with van der Waals surface area (Å²) in [5.74, 6) is 1.14. The highest BCUT2D eigenvalue weighted by Crippen LogP contribution is 2.20. The van der Waals surface area contributed by atoms with Gasteiger partial charge in [0.05, 0.1) is 43.2 Å². The second-order valence-corrected chi connectivity index (χ2v) is 13.7.